The Kier molecular flexibility index (Phi) is 11.2. The fraction of sp³-hybridized carbons (Fsp3) is 0.474. The third-order valence-corrected chi connectivity index (χ3v) is 4.13. The lowest BCUT2D eigenvalue weighted by Crippen LogP contribution is -2.40. The van der Waals surface area contributed by atoms with Crippen LogP contribution in [0.5, 0.6) is 0 Å². The van der Waals surface area contributed by atoms with Gasteiger partial charge in [0.15, 0.2) is 5.96 Å². The quantitative estimate of drug-likeness (QED) is 0.314. The van der Waals surface area contributed by atoms with Gasteiger partial charge in [-0.2, -0.15) is 5.10 Å². The predicted molar refractivity (Wildman–Crippen MR) is 122 cm³/mol. The standard InChI is InChI=1S/C19H29N7O.HI/c1-4-21-19(22-12-11-18(27)25(5-2)6-3)23-13-16-7-9-17(10-8-16)26-15-20-14-24-26;/h7-10,14-15H,4-6,11-13H2,1-3H3,(H2,21,22,23);1H. The molecule has 8 nitrogen and oxygen atoms in total. The Labute approximate surface area is 183 Å². The lowest BCUT2D eigenvalue weighted by molar-refractivity contribution is -0.130. The Morgan fingerprint density at radius 3 is 2.43 bits per heavy atom. The van der Waals surface area contributed by atoms with E-state index in [9.17, 15) is 4.79 Å². The van der Waals surface area contributed by atoms with Crippen molar-refractivity contribution >= 4 is 35.8 Å². The van der Waals surface area contributed by atoms with Crippen LogP contribution in [-0.2, 0) is 11.3 Å². The van der Waals surface area contributed by atoms with E-state index in [1.807, 2.05) is 49.9 Å². The predicted octanol–water partition coefficient (Wildman–Crippen LogP) is 2.20. The van der Waals surface area contributed by atoms with E-state index in [1.165, 1.54) is 6.33 Å². The molecule has 0 saturated heterocycles. The average molecular weight is 499 g/mol. The number of amides is 1. The van der Waals surface area contributed by atoms with Crippen molar-refractivity contribution in [2.24, 2.45) is 4.99 Å². The first kappa shape index (κ1) is 23.9. The highest BCUT2D eigenvalue weighted by atomic mass is 127. The van der Waals surface area contributed by atoms with Crippen molar-refractivity contribution in [1.82, 2.24) is 30.3 Å². The second-order valence-corrected chi connectivity index (χ2v) is 5.94. The molecule has 2 rings (SSSR count). The lowest BCUT2D eigenvalue weighted by Gasteiger charge is -2.19. The molecule has 0 radical (unpaired) electrons. The number of rotatable bonds is 9. The monoisotopic (exact) mass is 499 g/mol. The highest BCUT2D eigenvalue weighted by Crippen LogP contribution is 2.08. The molecule has 0 unspecified atom stereocenters. The zero-order valence-electron chi connectivity index (χ0n) is 16.8. The van der Waals surface area contributed by atoms with Crippen molar-refractivity contribution in [1.29, 1.82) is 0 Å². The van der Waals surface area contributed by atoms with Gasteiger partial charge >= 0.3 is 0 Å². The van der Waals surface area contributed by atoms with Crippen LogP contribution in [0.3, 0.4) is 0 Å². The van der Waals surface area contributed by atoms with E-state index in [2.05, 4.69) is 25.7 Å². The second kappa shape index (κ2) is 13.1. The molecule has 0 bridgehead atoms. The van der Waals surface area contributed by atoms with Crippen LogP contribution in [0.15, 0.2) is 41.9 Å². The first-order valence-corrected chi connectivity index (χ1v) is 9.41. The molecule has 0 fully saturated rings. The molecular weight excluding hydrogens is 469 g/mol. The molecule has 2 N–H and O–H groups in total. The molecule has 0 spiro atoms. The highest BCUT2D eigenvalue weighted by molar-refractivity contribution is 14.0. The molecule has 1 heterocycles. The Hall–Kier alpha value is -2.17. The largest absolute Gasteiger partial charge is 0.357 e. The number of benzene rings is 1. The summed E-state index contributed by atoms with van der Waals surface area (Å²) < 4.78 is 1.71. The Morgan fingerprint density at radius 1 is 1.14 bits per heavy atom. The second-order valence-electron chi connectivity index (χ2n) is 5.94. The third-order valence-electron chi connectivity index (χ3n) is 4.13. The van der Waals surface area contributed by atoms with Gasteiger partial charge in [0.1, 0.15) is 12.7 Å². The van der Waals surface area contributed by atoms with E-state index in [4.69, 9.17) is 0 Å². The van der Waals surface area contributed by atoms with Crippen molar-refractivity contribution < 1.29 is 4.79 Å². The topological polar surface area (TPSA) is 87.4 Å². The first-order chi connectivity index (χ1) is 13.2. The van der Waals surface area contributed by atoms with Gasteiger partial charge in [0.25, 0.3) is 0 Å². The van der Waals surface area contributed by atoms with Gasteiger partial charge in [-0.25, -0.2) is 14.7 Å². The van der Waals surface area contributed by atoms with Gasteiger partial charge in [-0.3, -0.25) is 4.79 Å². The molecule has 28 heavy (non-hydrogen) atoms. The summed E-state index contributed by atoms with van der Waals surface area (Å²) in [5.41, 5.74) is 2.05. The van der Waals surface area contributed by atoms with Crippen molar-refractivity contribution in [3.05, 3.63) is 42.5 Å². The lowest BCUT2D eigenvalue weighted by atomic mass is 10.2. The van der Waals surface area contributed by atoms with E-state index in [0.29, 0.717) is 25.5 Å². The van der Waals surface area contributed by atoms with Crippen molar-refractivity contribution in [3.8, 4) is 5.69 Å². The van der Waals surface area contributed by atoms with Gasteiger partial charge in [-0.05, 0) is 38.5 Å². The molecule has 0 aliphatic carbocycles. The Morgan fingerprint density at radius 2 is 1.86 bits per heavy atom. The molecule has 0 atom stereocenters. The number of carbonyl (C=O) groups is 1. The Bertz CT molecular complexity index is 712. The van der Waals surface area contributed by atoms with Crippen LogP contribution in [0.2, 0.25) is 0 Å². The average Bonchev–Trinajstić information content (AvgIpc) is 3.22. The molecule has 1 amide bonds. The molecular formula is C19H30IN7O. The molecule has 0 aliphatic rings. The molecule has 1 aromatic heterocycles. The van der Waals surface area contributed by atoms with Crippen LogP contribution in [0.4, 0.5) is 0 Å². The maximum absolute atomic E-state index is 12.1. The van der Waals surface area contributed by atoms with Crippen LogP contribution in [-0.4, -0.2) is 57.7 Å². The summed E-state index contributed by atoms with van der Waals surface area (Å²) in [5.74, 6) is 0.872. The van der Waals surface area contributed by atoms with E-state index in [1.54, 1.807) is 11.0 Å². The fourth-order valence-electron chi connectivity index (χ4n) is 2.63. The first-order valence-electron chi connectivity index (χ1n) is 9.41. The summed E-state index contributed by atoms with van der Waals surface area (Å²) in [4.78, 5) is 22.4. The maximum Gasteiger partial charge on any atom is 0.224 e. The van der Waals surface area contributed by atoms with Crippen molar-refractivity contribution in [3.63, 3.8) is 0 Å². The minimum Gasteiger partial charge on any atom is -0.357 e. The van der Waals surface area contributed by atoms with Gasteiger partial charge in [0.05, 0.1) is 12.2 Å². The highest BCUT2D eigenvalue weighted by Gasteiger charge is 2.09. The van der Waals surface area contributed by atoms with Crippen molar-refractivity contribution in [2.45, 2.75) is 33.7 Å². The van der Waals surface area contributed by atoms with Gasteiger partial charge in [0, 0.05) is 32.6 Å². The summed E-state index contributed by atoms with van der Waals surface area (Å²) in [6, 6.07) is 8.02. The van der Waals surface area contributed by atoms with Gasteiger partial charge in [-0.15, -0.1) is 24.0 Å². The van der Waals surface area contributed by atoms with Crippen LogP contribution in [0.1, 0.15) is 32.8 Å². The maximum atomic E-state index is 12.1. The number of aliphatic imine (C=N–C) groups is 1. The smallest absolute Gasteiger partial charge is 0.224 e. The number of nitrogens with one attached hydrogen (secondary N) is 2. The van der Waals surface area contributed by atoms with Crippen LogP contribution in [0.25, 0.3) is 5.69 Å². The summed E-state index contributed by atoms with van der Waals surface area (Å²) in [6.45, 7) is 9.38. The van der Waals surface area contributed by atoms with E-state index < -0.39 is 0 Å². The number of guanidine groups is 1. The molecule has 9 heteroatoms. The van der Waals surface area contributed by atoms with Gasteiger partial charge in [-0.1, -0.05) is 12.1 Å². The van der Waals surface area contributed by atoms with E-state index in [-0.39, 0.29) is 29.9 Å². The normalized spacial score (nSPS) is 10.9. The molecule has 154 valence electrons. The number of nitrogens with zero attached hydrogens (tertiary/aromatic N) is 5. The van der Waals surface area contributed by atoms with Gasteiger partial charge in [0.2, 0.25) is 5.91 Å². The minimum atomic E-state index is 0. The number of hydrogen-bond donors (Lipinski definition) is 2. The van der Waals surface area contributed by atoms with E-state index >= 15 is 0 Å². The number of halogens is 1. The summed E-state index contributed by atoms with van der Waals surface area (Å²) in [6.07, 6.45) is 3.64. The van der Waals surface area contributed by atoms with Crippen LogP contribution < -0.4 is 10.6 Å². The number of aromatic nitrogens is 3. The molecule has 0 saturated carbocycles. The van der Waals surface area contributed by atoms with Crippen LogP contribution in [0, 0.1) is 0 Å². The van der Waals surface area contributed by atoms with Gasteiger partial charge < -0.3 is 15.5 Å². The summed E-state index contributed by atoms with van der Waals surface area (Å²) in [7, 11) is 0. The third kappa shape index (κ3) is 7.45. The minimum absolute atomic E-state index is 0. The fourth-order valence-corrected chi connectivity index (χ4v) is 2.63. The van der Waals surface area contributed by atoms with Crippen molar-refractivity contribution in [2.75, 3.05) is 26.2 Å². The number of hydrogen-bond acceptors (Lipinski definition) is 4. The zero-order chi connectivity index (χ0) is 19.5. The molecule has 1 aromatic carbocycles. The molecule has 2 aromatic rings. The number of carbonyl (C=O) groups excluding carboxylic acids is 1. The SMILES string of the molecule is CCNC(=NCc1ccc(-n2cncn2)cc1)NCCC(=O)N(CC)CC.I. The Balaban J connectivity index is 0.00000392. The zero-order valence-corrected chi connectivity index (χ0v) is 19.1. The summed E-state index contributed by atoms with van der Waals surface area (Å²) >= 11 is 0. The van der Waals surface area contributed by atoms with Crippen LogP contribution >= 0.6 is 24.0 Å². The summed E-state index contributed by atoms with van der Waals surface area (Å²) in [5, 5.41) is 10.6. The molecule has 0 aliphatic heterocycles. The van der Waals surface area contributed by atoms with E-state index in [0.717, 1.165) is 30.9 Å².